The Morgan fingerprint density at radius 1 is 1.41 bits per heavy atom. The first-order chi connectivity index (χ1) is 10.4. The summed E-state index contributed by atoms with van der Waals surface area (Å²) in [6, 6.07) is 0. The Hall–Kier alpha value is -1.29. The lowest BCUT2D eigenvalue weighted by molar-refractivity contribution is -0.137. The van der Waals surface area contributed by atoms with Gasteiger partial charge in [-0.1, -0.05) is 25.8 Å². The van der Waals surface area contributed by atoms with Crippen molar-refractivity contribution in [2.24, 2.45) is 5.92 Å². The Bertz CT molecular complexity index is 421. The molecule has 1 atom stereocenters. The van der Waals surface area contributed by atoms with Crippen LogP contribution >= 0.6 is 0 Å². The molecule has 0 bridgehead atoms. The Kier molecular flexibility index (Phi) is 7.66. The minimum absolute atomic E-state index is 0.0296. The predicted molar refractivity (Wildman–Crippen MR) is 87.5 cm³/mol. The molecule has 1 aliphatic heterocycles. The number of carbonyl (C=O) groups is 1. The molecule has 0 N–H and O–H groups in total. The summed E-state index contributed by atoms with van der Waals surface area (Å²) in [7, 11) is 3.40. The van der Waals surface area contributed by atoms with E-state index in [9.17, 15) is 4.79 Å². The van der Waals surface area contributed by atoms with Gasteiger partial charge in [-0.3, -0.25) is 4.79 Å². The summed E-state index contributed by atoms with van der Waals surface area (Å²) in [6.45, 7) is 6.86. The molecular formula is C18H30O4. The van der Waals surface area contributed by atoms with Crippen LogP contribution in [0.5, 0.6) is 0 Å². The number of hydrogen-bond acceptors (Lipinski definition) is 4. The van der Waals surface area contributed by atoms with Crippen LogP contribution in [0.4, 0.5) is 0 Å². The first kappa shape index (κ1) is 18.8. The van der Waals surface area contributed by atoms with Crippen LogP contribution in [0.1, 0.15) is 52.9 Å². The molecule has 1 saturated heterocycles. The minimum Gasteiger partial charge on any atom is -0.497 e. The third kappa shape index (κ3) is 6.65. The molecule has 0 saturated carbocycles. The van der Waals surface area contributed by atoms with Crippen molar-refractivity contribution >= 4 is 5.97 Å². The maximum absolute atomic E-state index is 11.1. The van der Waals surface area contributed by atoms with Gasteiger partial charge in [0.05, 0.1) is 19.1 Å². The Morgan fingerprint density at radius 2 is 2.14 bits per heavy atom. The van der Waals surface area contributed by atoms with Gasteiger partial charge < -0.3 is 14.2 Å². The molecule has 0 radical (unpaired) electrons. The third-order valence-electron chi connectivity index (χ3n) is 4.17. The molecule has 0 aromatic rings. The van der Waals surface area contributed by atoms with Crippen LogP contribution in [0, 0.1) is 5.92 Å². The maximum atomic E-state index is 11.1. The Morgan fingerprint density at radius 3 is 2.68 bits per heavy atom. The highest BCUT2D eigenvalue weighted by Crippen LogP contribution is 2.22. The van der Waals surface area contributed by atoms with Crippen LogP contribution in [0.25, 0.3) is 0 Å². The highest BCUT2D eigenvalue weighted by atomic mass is 16.5. The second-order valence-electron chi connectivity index (χ2n) is 6.61. The highest BCUT2D eigenvalue weighted by molar-refractivity contribution is 5.75. The largest absolute Gasteiger partial charge is 0.497 e. The number of allylic oxidation sites excluding steroid dienone is 2. The molecule has 22 heavy (non-hydrogen) atoms. The van der Waals surface area contributed by atoms with Crippen molar-refractivity contribution in [3.63, 3.8) is 0 Å². The van der Waals surface area contributed by atoms with Gasteiger partial charge in [-0.15, -0.1) is 0 Å². The molecule has 1 aliphatic rings. The predicted octanol–water partition coefficient (Wildman–Crippen LogP) is 4.01. The fraction of sp³-hybridized carbons (Fsp3) is 0.722. The van der Waals surface area contributed by atoms with Crippen LogP contribution in [-0.4, -0.2) is 32.4 Å². The number of ether oxygens (including phenoxy) is 3. The standard InChI is InChI=1S/C18H30O4/c1-14(9-7-11-18(2,3)21-5)8-6-10-16(20-4)15-12-17(19)22-13-15/h6,10,14H,7-9,11-13H2,1-5H3. The number of hydrogen-bond donors (Lipinski definition) is 0. The number of rotatable bonds is 9. The smallest absolute Gasteiger partial charge is 0.310 e. The van der Waals surface area contributed by atoms with Gasteiger partial charge in [0.15, 0.2) is 0 Å². The number of methoxy groups -OCH3 is 2. The molecule has 0 spiro atoms. The molecule has 1 rings (SSSR count). The van der Waals surface area contributed by atoms with Gasteiger partial charge in [-0.25, -0.2) is 0 Å². The average molecular weight is 310 g/mol. The van der Waals surface area contributed by atoms with E-state index in [0.717, 1.165) is 30.6 Å². The van der Waals surface area contributed by atoms with Crippen molar-refractivity contribution in [1.29, 1.82) is 0 Å². The van der Waals surface area contributed by atoms with E-state index in [1.807, 2.05) is 6.08 Å². The molecule has 4 nitrogen and oxygen atoms in total. The topological polar surface area (TPSA) is 44.8 Å². The Labute approximate surface area is 134 Å². The summed E-state index contributed by atoms with van der Waals surface area (Å²) in [5, 5.41) is 0. The van der Waals surface area contributed by atoms with Crippen molar-refractivity contribution < 1.29 is 19.0 Å². The van der Waals surface area contributed by atoms with Crippen LogP contribution < -0.4 is 0 Å². The summed E-state index contributed by atoms with van der Waals surface area (Å²) in [5.41, 5.74) is 0.899. The first-order valence-electron chi connectivity index (χ1n) is 8.01. The zero-order valence-electron chi connectivity index (χ0n) is 14.6. The van der Waals surface area contributed by atoms with E-state index in [0.29, 0.717) is 18.9 Å². The van der Waals surface area contributed by atoms with E-state index in [1.165, 1.54) is 6.42 Å². The van der Waals surface area contributed by atoms with E-state index in [1.54, 1.807) is 14.2 Å². The quantitative estimate of drug-likeness (QED) is 0.477. The zero-order chi connectivity index (χ0) is 16.6. The van der Waals surface area contributed by atoms with Crippen LogP contribution in [0.3, 0.4) is 0 Å². The van der Waals surface area contributed by atoms with Crippen molar-refractivity contribution in [2.75, 3.05) is 20.8 Å². The van der Waals surface area contributed by atoms with Crippen molar-refractivity contribution in [3.8, 4) is 0 Å². The lowest BCUT2D eigenvalue weighted by Gasteiger charge is -2.23. The van der Waals surface area contributed by atoms with Crippen LogP contribution in [0.15, 0.2) is 23.5 Å². The van der Waals surface area contributed by atoms with E-state index in [-0.39, 0.29) is 11.6 Å². The fourth-order valence-corrected chi connectivity index (χ4v) is 2.44. The van der Waals surface area contributed by atoms with Gasteiger partial charge in [0.25, 0.3) is 0 Å². The van der Waals surface area contributed by atoms with E-state index >= 15 is 0 Å². The van der Waals surface area contributed by atoms with Crippen molar-refractivity contribution in [1.82, 2.24) is 0 Å². The first-order valence-corrected chi connectivity index (χ1v) is 8.01. The molecule has 1 heterocycles. The SMILES string of the molecule is COC(C=CCC(C)CCCC(C)(C)OC)=C1COC(=O)C1. The van der Waals surface area contributed by atoms with Crippen molar-refractivity contribution in [3.05, 3.63) is 23.5 Å². The van der Waals surface area contributed by atoms with Crippen LogP contribution in [-0.2, 0) is 19.0 Å². The summed E-state index contributed by atoms with van der Waals surface area (Å²) >= 11 is 0. The molecule has 4 heteroatoms. The molecular weight excluding hydrogens is 280 g/mol. The number of carbonyl (C=O) groups excluding carboxylic acids is 1. The number of esters is 1. The summed E-state index contributed by atoms with van der Waals surface area (Å²) in [6.07, 6.45) is 8.85. The second kappa shape index (κ2) is 8.99. The van der Waals surface area contributed by atoms with E-state index < -0.39 is 0 Å². The zero-order valence-corrected chi connectivity index (χ0v) is 14.6. The van der Waals surface area contributed by atoms with Gasteiger partial charge in [-0.2, -0.15) is 0 Å². The third-order valence-corrected chi connectivity index (χ3v) is 4.17. The van der Waals surface area contributed by atoms with Gasteiger partial charge >= 0.3 is 5.97 Å². The van der Waals surface area contributed by atoms with E-state index in [4.69, 9.17) is 14.2 Å². The lowest BCUT2D eigenvalue weighted by atomic mass is 9.95. The molecule has 0 aliphatic carbocycles. The van der Waals surface area contributed by atoms with Gasteiger partial charge in [0.2, 0.25) is 0 Å². The highest BCUT2D eigenvalue weighted by Gasteiger charge is 2.20. The monoisotopic (exact) mass is 310 g/mol. The molecule has 0 amide bonds. The van der Waals surface area contributed by atoms with Crippen LogP contribution in [0.2, 0.25) is 0 Å². The Balaban J connectivity index is 2.36. The summed E-state index contributed by atoms with van der Waals surface area (Å²) < 4.78 is 15.7. The summed E-state index contributed by atoms with van der Waals surface area (Å²) in [5.74, 6) is 1.21. The molecule has 0 aromatic heterocycles. The summed E-state index contributed by atoms with van der Waals surface area (Å²) in [4.78, 5) is 11.1. The second-order valence-corrected chi connectivity index (χ2v) is 6.61. The fourth-order valence-electron chi connectivity index (χ4n) is 2.44. The van der Waals surface area contributed by atoms with Crippen molar-refractivity contribution in [2.45, 2.75) is 58.5 Å². The normalized spacial score (nSPS) is 19.4. The van der Waals surface area contributed by atoms with Gasteiger partial charge in [0, 0.05) is 12.7 Å². The molecule has 0 aromatic carbocycles. The van der Waals surface area contributed by atoms with Gasteiger partial charge in [-0.05, 0) is 38.7 Å². The maximum Gasteiger partial charge on any atom is 0.310 e. The minimum atomic E-state index is -0.174. The van der Waals surface area contributed by atoms with Gasteiger partial charge in [0.1, 0.15) is 12.4 Å². The molecule has 1 fully saturated rings. The van der Waals surface area contributed by atoms with E-state index in [2.05, 4.69) is 26.8 Å². The lowest BCUT2D eigenvalue weighted by Crippen LogP contribution is -2.22. The average Bonchev–Trinajstić information content (AvgIpc) is 2.90. The molecule has 126 valence electrons. The number of cyclic esters (lactones) is 1. The molecule has 1 unspecified atom stereocenters.